The molecule has 200 valence electrons. The molecule has 1 aromatic rings. The second-order valence-electron chi connectivity index (χ2n) is 6.61. The summed E-state index contributed by atoms with van der Waals surface area (Å²) in [5.74, 6) is -40.0. The quantitative estimate of drug-likeness (QED) is 0.195. The van der Waals surface area contributed by atoms with Crippen LogP contribution >= 0.6 is 0 Å². The highest BCUT2D eigenvalue weighted by molar-refractivity contribution is 6.04. The molecule has 0 aliphatic rings. The highest BCUT2D eigenvalue weighted by atomic mass is 19.4. The summed E-state index contributed by atoms with van der Waals surface area (Å²) in [5.41, 5.74) is -3.35. The van der Waals surface area contributed by atoms with Gasteiger partial charge in [-0.1, -0.05) is 0 Å². The summed E-state index contributed by atoms with van der Waals surface area (Å²) in [5, 5.41) is 0. The van der Waals surface area contributed by atoms with Crippen molar-refractivity contribution in [3.05, 3.63) is 24.3 Å². The molecule has 0 amide bonds. The maximum Gasteiger partial charge on any atom is 0.460 e. The third-order valence-electron chi connectivity index (χ3n) is 4.25. The summed E-state index contributed by atoms with van der Waals surface area (Å²) in [4.78, 5) is 14.4. The van der Waals surface area contributed by atoms with Crippen LogP contribution in [-0.4, -0.2) is 61.2 Å². The summed E-state index contributed by atoms with van der Waals surface area (Å²) in [6.07, 6.45) is -9.59. The average Bonchev–Trinajstić information content (AvgIpc) is 2.72. The maximum atomic E-state index is 14.6. The molecule has 0 aliphatic heterocycles. The van der Waals surface area contributed by atoms with Crippen LogP contribution in [0, 0.1) is 0 Å². The number of benzene rings is 1. The number of carbonyl (C=O) groups excluding carboxylic acids is 1. The Bertz CT molecular complexity index is 925. The van der Waals surface area contributed by atoms with Crippen molar-refractivity contribution in [2.75, 3.05) is 13.7 Å². The Morgan fingerprint density at radius 1 is 0.771 bits per heavy atom. The van der Waals surface area contributed by atoms with Gasteiger partial charge in [0.1, 0.15) is 11.5 Å². The van der Waals surface area contributed by atoms with Crippen LogP contribution in [0.4, 0.5) is 62.8 Å². The van der Waals surface area contributed by atoms with Gasteiger partial charge in [0, 0.05) is 0 Å². The zero-order valence-electron chi connectivity index (χ0n) is 17.3. The van der Waals surface area contributed by atoms with Gasteiger partial charge in [0.25, 0.3) is 0 Å². The van der Waals surface area contributed by atoms with E-state index in [1.165, 1.54) is 0 Å². The lowest BCUT2D eigenvalue weighted by Crippen LogP contribution is -2.71. The van der Waals surface area contributed by atoms with Crippen LogP contribution < -0.4 is 4.74 Å². The molecule has 1 rings (SSSR count). The second kappa shape index (κ2) is 9.72. The monoisotopic (exact) mass is 539 g/mol. The lowest BCUT2D eigenvalue weighted by molar-refractivity contribution is -0.434. The molecular weight excluding hydrogens is 525 g/mol. The van der Waals surface area contributed by atoms with Gasteiger partial charge in [0.15, 0.2) is 0 Å². The fourth-order valence-corrected chi connectivity index (χ4v) is 2.33. The smallest absolute Gasteiger partial charge is 0.460 e. The van der Waals surface area contributed by atoms with Crippen molar-refractivity contribution < 1.29 is 71.3 Å². The van der Waals surface area contributed by atoms with Gasteiger partial charge in [-0.25, -0.2) is 0 Å². The molecule has 35 heavy (non-hydrogen) atoms. The average molecular weight is 539 g/mol. The number of methoxy groups -OCH3 is 1. The standard InChI is InChI=1S/C18H14F13NO3/c1-3-35-12(33)8-11(32-9-4-6-10(34-2)7-5-9)13(19,20)14(21,22)15(23,24)16(25,26)17(27,28)18(29,30)31/h4-7H,3,8H2,1-2H3. The summed E-state index contributed by atoms with van der Waals surface area (Å²) in [6, 6.07) is 3.46. The van der Waals surface area contributed by atoms with Gasteiger partial charge in [-0.05, 0) is 31.2 Å². The van der Waals surface area contributed by atoms with E-state index in [1.54, 1.807) is 0 Å². The number of halogens is 13. The number of rotatable bonds is 10. The van der Waals surface area contributed by atoms with Crippen LogP contribution in [0.2, 0.25) is 0 Å². The first-order valence-corrected chi connectivity index (χ1v) is 8.95. The van der Waals surface area contributed by atoms with Crippen molar-refractivity contribution in [1.82, 2.24) is 0 Å². The molecule has 0 aliphatic carbocycles. The van der Waals surface area contributed by atoms with Gasteiger partial charge >= 0.3 is 41.8 Å². The van der Waals surface area contributed by atoms with Gasteiger partial charge in [-0.2, -0.15) is 57.1 Å². The normalized spacial score (nSPS) is 14.7. The van der Waals surface area contributed by atoms with Crippen LogP contribution in [0.3, 0.4) is 0 Å². The van der Waals surface area contributed by atoms with Crippen molar-refractivity contribution >= 4 is 17.4 Å². The molecule has 0 saturated carbocycles. The summed E-state index contributed by atoms with van der Waals surface area (Å²) >= 11 is 0. The Morgan fingerprint density at radius 3 is 1.63 bits per heavy atom. The molecule has 0 atom stereocenters. The topological polar surface area (TPSA) is 47.9 Å². The van der Waals surface area contributed by atoms with Crippen molar-refractivity contribution in [2.45, 2.75) is 49.1 Å². The Morgan fingerprint density at radius 2 is 1.23 bits per heavy atom. The highest BCUT2D eigenvalue weighted by Crippen LogP contribution is 2.60. The number of carbonyl (C=O) groups is 1. The molecule has 1 aromatic carbocycles. The molecule has 0 saturated heterocycles. The van der Waals surface area contributed by atoms with Crippen molar-refractivity contribution in [3.8, 4) is 5.75 Å². The maximum absolute atomic E-state index is 14.6. The minimum atomic E-state index is -8.07. The van der Waals surface area contributed by atoms with Gasteiger partial charge in [0.05, 0.1) is 25.8 Å². The first-order valence-electron chi connectivity index (χ1n) is 8.95. The van der Waals surface area contributed by atoms with Crippen LogP contribution in [0.25, 0.3) is 0 Å². The van der Waals surface area contributed by atoms with Crippen molar-refractivity contribution in [1.29, 1.82) is 0 Å². The minimum Gasteiger partial charge on any atom is -0.497 e. The zero-order chi connectivity index (χ0) is 27.7. The van der Waals surface area contributed by atoms with E-state index in [-0.39, 0.29) is 5.75 Å². The van der Waals surface area contributed by atoms with Gasteiger partial charge in [-0.15, -0.1) is 0 Å². The molecule has 0 heterocycles. The van der Waals surface area contributed by atoms with E-state index in [2.05, 4.69) is 9.73 Å². The minimum absolute atomic E-state index is 0.0357. The third-order valence-corrected chi connectivity index (χ3v) is 4.25. The number of hydrogen-bond acceptors (Lipinski definition) is 4. The predicted octanol–water partition coefficient (Wildman–Crippen LogP) is 6.46. The number of ether oxygens (including phenoxy) is 2. The van der Waals surface area contributed by atoms with E-state index in [9.17, 15) is 61.9 Å². The van der Waals surface area contributed by atoms with E-state index in [0.29, 0.717) is 0 Å². The number of aliphatic imine (C=N–C) groups is 1. The van der Waals surface area contributed by atoms with E-state index >= 15 is 0 Å². The Kier molecular flexibility index (Phi) is 8.41. The van der Waals surface area contributed by atoms with Crippen molar-refractivity contribution in [3.63, 3.8) is 0 Å². The predicted molar refractivity (Wildman–Crippen MR) is 92.1 cm³/mol. The molecule has 17 heteroatoms. The molecule has 4 nitrogen and oxygen atoms in total. The molecule has 0 aromatic heterocycles. The van der Waals surface area contributed by atoms with Crippen LogP contribution in [0.5, 0.6) is 5.75 Å². The summed E-state index contributed by atoms with van der Waals surface area (Å²) < 4.78 is 184. The van der Waals surface area contributed by atoms with Crippen molar-refractivity contribution in [2.24, 2.45) is 4.99 Å². The Labute approximate surface area is 187 Å². The lowest BCUT2D eigenvalue weighted by atomic mass is 9.91. The summed E-state index contributed by atoms with van der Waals surface area (Å²) in [7, 11) is 1.14. The fraction of sp³-hybridized carbons (Fsp3) is 0.556. The Balaban J connectivity index is 3.72. The van der Waals surface area contributed by atoms with Gasteiger partial charge in [0.2, 0.25) is 0 Å². The first kappa shape index (κ1) is 30.3. The number of alkyl halides is 13. The van der Waals surface area contributed by atoms with Gasteiger partial charge < -0.3 is 9.47 Å². The fourth-order valence-electron chi connectivity index (χ4n) is 2.33. The first-order chi connectivity index (χ1) is 15.6. The largest absolute Gasteiger partial charge is 0.497 e. The van der Waals surface area contributed by atoms with Crippen LogP contribution in [-0.2, 0) is 9.53 Å². The lowest BCUT2D eigenvalue weighted by Gasteiger charge is -2.39. The van der Waals surface area contributed by atoms with Crippen LogP contribution in [0.1, 0.15) is 13.3 Å². The SMILES string of the molecule is CCOC(=O)CC(=Nc1ccc(OC)cc1)C(F)(F)C(F)(F)C(F)(F)C(F)(F)C(F)(F)C(F)(F)F. The Hall–Kier alpha value is -2.75. The summed E-state index contributed by atoms with van der Waals surface area (Å²) in [6.45, 7) is 0.529. The molecule has 0 N–H and O–H groups in total. The van der Waals surface area contributed by atoms with Crippen LogP contribution in [0.15, 0.2) is 29.3 Å². The van der Waals surface area contributed by atoms with E-state index in [0.717, 1.165) is 38.3 Å². The van der Waals surface area contributed by atoms with E-state index in [4.69, 9.17) is 4.74 Å². The molecule has 0 fully saturated rings. The molecule has 0 unspecified atom stereocenters. The molecule has 0 spiro atoms. The molecular formula is C18H14F13NO3. The van der Waals surface area contributed by atoms with Gasteiger partial charge in [-0.3, -0.25) is 9.79 Å². The highest BCUT2D eigenvalue weighted by Gasteiger charge is 2.91. The third kappa shape index (κ3) is 5.27. The van der Waals surface area contributed by atoms with E-state index in [1.807, 2.05) is 0 Å². The number of nitrogens with zero attached hydrogens (tertiary/aromatic N) is 1. The molecule has 0 bridgehead atoms. The number of esters is 1. The van der Waals surface area contributed by atoms with E-state index < -0.39 is 66.2 Å². The zero-order valence-corrected chi connectivity index (χ0v) is 17.3. The molecule has 0 radical (unpaired) electrons. The number of hydrogen-bond donors (Lipinski definition) is 0. The second-order valence-corrected chi connectivity index (χ2v) is 6.61.